The molecule has 0 amide bonds. The lowest BCUT2D eigenvalue weighted by molar-refractivity contribution is 0.0699. The molecule has 8 heteroatoms. The molecule has 0 atom stereocenters. The van der Waals surface area contributed by atoms with Crippen LogP contribution in [0.3, 0.4) is 0 Å². The van der Waals surface area contributed by atoms with E-state index in [0.29, 0.717) is 39.3 Å². The molecule has 20 heavy (non-hydrogen) atoms. The van der Waals surface area contributed by atoms with Gasteiger partial charge in [-0.05, 0) is 25.9 Å². The molecule has 0 aromatic heterocycles. The van der Waals surface area contributed by atoms with E-state index in [1.807, 2.05) is 6.92 Å². The smallest absolute Gasteiger partial charge is 0.279 e. The van der Waals surface area contributed by atoms with E-state index in [4.69, 9.17) is 9.47 Å². The minimum Gasteiger partial charge on any atom is -0.382 e. The zero-order valence-corrected chi connectivity index (χ0v) is 13.7. The molecule has 0 aliphatic rings. The number of hydrogen-bond acceptors (Lipinski definition) is 5. The summed E-state index contributed by atoms with van der Waals surface area (Å²) in [7, 11) is -0.168. The molecule has 0 saturated carbocycles. The van der Waals surface area contributed by atoms with Gasteiger partial charge in [0.05, 0.1) is 13.2 Å². The van der Waals surface area contributed by atoms with Crippen molar-refractivity contribution in [1.82, 2.24) is 14.3 Å². The summed E-state index contributed by atoms with van der Waals surface area (Å²) in [5.74, 6) is 0. The van der Waals surface area contributed by atoms with Crippen LogP contribution in [0.1, 0.15) is 19.8 Å². The molecule has 0 spiro atoms. The molecule has 0 radical (unpaired) electrons. The number of ether oxygens (including phenoxy) is 2. The van der Waals surface area contributed by atoms with Gasteiger partial charge < -0.3 is 14.8 Å². The lowest BCUT2D eigenvalue weighted by atomic mass is 10.4. The van der Waals surface area contributed by atoms with Gasteiger partial charge in [-0.1, -0.05) is 6.92 Å². The van der Waals surface area contributed by atoms with Crippen molar-refractivity contribution in [3.8, 4) is 0 Å². The Balaban J connectivity index is 3.66. The van der Waals surface area contributed by atoms with E-state index in [0.717, 1.165) is 19.5 Å². The maximum atomic E-state index is 11.9. The number of nitrogens with zero attached hydrogens (tertiary/aromatic N) is 1. The highest BCUT2D eigenvalue weighted by molar-refractivity contribution is 7.87. The molecule has 122 valence electrons. The van der Waals surface area contributed by atoms with Gasteiger partial charge in [-0.2, -0.15) is 12.7 Å². The zero-order valence-electron chi connectivity index (χ0n) is 12.9. The Labute approximate surface area is 123 Å². The average Bonchev–Trinajstić information content (AvgIpc) is 2.42. The van der Waals surface area contributed by atoms with Gasteiger partial charge in [0.25, 0.3) is 10.2 Å². The third-order valence-electron chi connectivity index (χ3n) is 2.67. The first-order valence-corrected chi connectivity index (χ1v) is 8.47. The van der Waals surface area contributed by atoms with E-state index < -0.39 is 10.2 Å². The van der Waals surface area contributed by atoms with Gasteiger partial charge in [0.1, 0.15) is 0 Å². The highest BCUT2D eigenvalue weighted by Gasteiger charge is 2.15. The van der Waals surface area contributed by atoms with E-state index in [1.165, 1.54) is 4.31 Å². The summed E-state index contributed by atoms with van der Waals surface area (Å²) in [5, 5.41) is 3.16. The second-order valence-corrected chi connectivity index (χ2v) is 6.25. The van der Waals surface area contributed by atoms with Crippen molar-refractivity contribution in [2.24, 2.45) is 0 Å². The highest BCUT2D eigenvalue weighted by atomic mass is 32.2. The predicted molar refractivity (Wildman–Crippen MR) is 80.0 cm³/mol. The van der Waals surface area contributed by atoms with Gasteiger partial charge in [-0.15, -0.1) is 0 Å². The van der Waals surface area contributed by atoms with Crippen molar-refractivity contribution in [2.45, 2.75) is 19.8 Å². The Hall–Kier alpha value is -0.250. The zero-order chi connectivity index (χ0) is 15.3. The van der Waals surface area contributed by atoms with Crippen LogP contribution in [0, 0.1) is 0 Å². The minimum atomic E-state index is -3.37. The minimum absolute atomic E-state index is 0.382. The Bertz CT molecular complexity index is 312. The first-order chi connectivity index (χ1) is 9.54. The summed E-state index contributed by atoms with van der Waals surface area (Å²) in [6.07, 6.45) is 1.44. The Morgan fingerprint density at radius 2 is 1.85 bits per heavy atom. The van der Waals surface area contributed by atoms with Crippen LogP contribution in [-0.2, 0) is 19.7 Å². The van der Waals surface area contributed by atoms with Crippen LogP contribution in [0.4, 0.5) is 0 Å². The number of methoxy groups -OCH3 is 1. The molecule has 7 nitrogen and oxygen atoms in total. The van der Waals surface area contributed by atoms with Gasteiger partial charge in [-0.3, -0.25) is 0 Å². The average molecular weight is 311 g/mol. The fourth-order valence-corrected chi connectivity index (χ4v) is 2.45. The van der Waals surface area contributed by atoms with Gasteiger partial charge in [-0.25, -0.2) is 4.72 Å². The molecule has 0 aromatic carbocycles. The summed E-state index contributed by atoms with van der Waals surface area (Å²) >= 11 is 0. The van der Waals surface area contributed by atoms with Crippen molar-refractivity contribution in [1.29, 1.82) is 0 Å². The topological polar surface area (TPSA) is 79.9 Å². The van der Waals surface area contributed by atoms with Crippen LogP contribution in [0.5, 0.6) is 0 Å². The molecule has 0 fully saturated rings. The molecule has 2 N–H and O–H groups in total. The predicted octanol–water partition coefficient (Wildman–Crippen LogP) is -0.195. The Morgan fingerprint density at radius 3 is 2.50 bits per heavy atom. The summed E-state index contributed by atoms with van der Waals surface area (Å²) in [6.45, 7) is 6.25. The largest absolute Gasteiger partial charge is 0.382 e. The summed E-state index contributed by atoms with van der Waals surface area (Å²) in [6, 6.07) is 0. The summed E-state index contributed by atoms with van der Waals surface area (Å²) in [5.41, 5.74) is 0. The van der Waals surface area contributed by atoms with E-state index >= 15 is 0 Å². The maximum Gasteiger partial charge on any atom is 0.279 e. The quantitative estimate of drug-likeness (QED) is 0.435. The van der Waals surface area contributed by atoms with Gasteiger partial charge in [0.2, 0.25) is 0 Å². The number of rotatable bonds is 14. The van der Waals surface area contributed by atoms with Crippen LogP contribution in [-0.4, -0.2) is 72.9 Å². The fourth-order valence-electron chi connectivity index (χ4n) is 1.45. The van der Waals surface area contributed by atoms with Crippen molar-refractivity contribution < 1.29 is 17.9 Å². The van der Waals surface area contributed by atoms with Crippen molar-refractivity contribution in [3.63, 3.8) is 0 Å². The lowest BCUT2D eigenvalue weighted by Gasteiger charge is -2.17. The third-order valence-corrected chi connectivity index (χ3v) is 4.24. The van der Waals surface area contributed by atoms with E-state index in [2.05, 4.69) is 10.0 Å². The van der Waals surface area contributed by atoms with E-state index in [1.54, 1.807) is 14.2 Å². The van der Waals surface area contributed by atoms with E-state index in [9.17, 15) is 8.42 Å². The molecule has 0 aromatic rings. The van der Waals surface area contributed by atoms with Crippen LogP contribution in [0.25, 0.3) is 0 Å². The second-order valence-electron chi connectivity index (χ2n) is 4.39. The van der Waals surface area contributed by atoms with Crippen molar-refractivity contribution in [2.75, 3.05) is 60.2 Å². The normalized spacial score (nSPS) is 12.2. The lowest BCUT2D eigenvalue weighted by Crippen LogP contribution is -2.40. The molecule has 0 heterocycles. The van der Waals surface area contributed by atoms with Crippen LogP contribution < -0.4 is 10.0 Å². The summed E-state index contributed by atoms with van der Waals surface area (Å²) in [4.78, 5) is 0. The van der Waals surface area contributed by atoms with E-state index in [-0.39, 0.29) is 0 Å². The maximum absolute atomic E-state index is 11.9. The van der Waals surface area contributed by atoms with Gasteiger partial charge in [0, 0.05) is 33.9 Å². The molecule has 0 saturated heterocycles. The van der Waals surface area contributed by atoms with Crippen molar-refractivity contribution in [3.05, 3.63) is 0 Å². The number of nitrogens with one attached hydrogen (secondary N) is 2. The second kappa shape index (κ2) is 12.5. The molecule has 0 unspecified atom stereocenters. The third kappa shape index (κ3) is 10.5. The molecule has 0 aliphatic heterocycles. The molecular formula is C12H29N3O4S. The molecule has 0 rings (SSSR count). The Kier molecular flexibility index (Phi) is 12.3. The van der Waals surface area contributed by atoms with Crippen LogP contribution in [0.15, 0.2) is 0 Å². The highest BCUT2D eigenvalue weighted by Crippen LogP contribution is 1.95. The molecule has 0 aliphatic carbocycles. The molecule has 0 bridgehead atoms. The monoisotopic (exact) mass is 311 g/mol. The van der Waals surface area contributed by atoms with Gasteiger partial charge >= 0.3 is 0 Å². The van der Waals surface area contributed by atoms with Crippen molar-refractivity contribution >= 4 is 10.2 Å². The number of hydrogen-bond donors (Lipinski definition) is 2. The van der Waals surface area contributed by atoms with Crippen LogP contribution in [0.2, 0.25) is 0 Å². The Morgan fingerprint density at radius 1 is 1.10 bits per heavy atom. The first-order valence-electron chi connectivity index (χ1n) is 7.03. The fraction of sp³-hybridized carbons (Fsp3) is 1.00. The SMILES string of the molecule is CCNCCCN(C)S(=O)(=O)NCCCOCCOC. The molecular weight excluding hydrogens is 282 g/mol. The summed E-state index contributed by atoms with van der Waals surface area (Å²) < 4.78 is 37.7. The standard InChI is InChI=1S/C12H29N3O4S/c1-4-13-7-5-9-15(2)20(16,17)14-8-6-10-19-12-11-18-3/h13-14H,4-12H2,1-3H3. The van der Waals surface area contributed by atoms with Crippen LogP contribution >= 0.6 is 0 Å². The van der Waals surface area contributed by atoms with Gasteiger partial charge in [0.15, 0.2) is 0 Å². The first kappa shape index (κ1) is 19.8.